The second-order valence-electron chi connectivity index (χ2n) is 3.87. The summed E-state index contributed by atoms with van der Waals surface area (Å²) in [6.07, 6.45) is 2.40. The first-order valence-corrected chi connectivity index (χ1v) is 7.32. The summed E-state index contributed by atoms with van der Waals surface area (Å²) in [4.78, 5) is 11.7. The SMILES string of the molecule is O=C(NCC1CCSCC1)c1ccc(Br)o1. The van der Waals surface area contributed by atoms with Crippen molar-refractivity contribution in [2.75, 3.05) is 18.1 Å². The van der Waals surface area contributed by atoms with Gasteiger partial charge in [-0.15, -0.1) is 0 Å². The topological polar surface area (TPSA) is 42.2 Å². The van der Waals surface area contributed by atoms with Crippen LogP contribution in [-0.4, -0.2) is 24.0 Å². The Labute approximate surface area is 107 Å². The van der Waals surface area contributed by atoms with Gasteiger partial charge in [0.05, 0.1) is 0 Å². The van der Waals surface area contributed by atoms with E-state index in [9.17, 15) is 4.79 Å². The number of hydrogen-bond donors (Lipinski definition) is 1. The first-order valence-electron chi connectivity index (χ1n) is 5.37. The molecular weight excluding hydrogens is 290 g/mol. The normalized spacial score (nSPS) is 17.3. The molecule has 1 saturated heterocycles. The van der Waals surface area contributed by atoms with Crippen molar-refractivity contribution < 1.29 is 9.21 Å². The van der Waals surface area contributed by atoms with E-state index in [0.717, 1.165) is 6.54 Å². The number of amides is 1. The van der Waals surface area contributed by atoms with Gasteiger partial charge in [-0.25, -0.2) is 0 Å². The highest BCUT2D eigenvalue weighted by Gasteiger charge is 2.16. The Hall–Kier alpha value is -0.420. The van der Waals surface area contributed by atoms with Gasteiger partial charge in [0.1, 0.15) is 0 Å². The molecule has 1 amide bonds. The molecule has 1 aromatic heterocycles. The third kappa shape index (κ3) is 3.28. The Morgan fingerprint density at radius 1 is 1.50 bits per heavy atom. The summed E-state index contributed by atoms with van der Waals surface area (Å²) in [6, 6.07) is 3.41. The van der Waals surface area contributed by atoms with Crippen molar-refractivity contribution >= 4 is 33.6 Å². The van der Waals surface area contributed by atoms with Gasteiger partial charge in [-0.3, -0.25) is 4.79 Å². The fourth-order valence-electron chi connectivity index (χ4n) is 1.71. The zero-order valence-corrected chi connectivity index (χ0v) is 11.3. The first-order chi connectivity index (χ1) is 7.75. The predicted octanol–water partition coefficient (Wildman–Crippen LogP) is 2.92. The summed E-state index contributed by atoms with van der Waals surface area (Å²) >= 11 is 5.17. The zero-order valence-electron chi connectivity index (χ0n) is 8.87. The fraction of sp³-hybridized carbons (Fsp3) is 0.545. The number of rotatable bonds is 3. The Kier molecular flexibility index (Phi) is 4.35. The number of hydrogen-bond acceptors (Lipinski definition) is 3. The van der Waals surface area contributed by atoms with Crippen LogP contribution in [0.5, 0.6) is 0 Å². The molecule has 0 radical (unpaired) electrons. The summed E-state index contributed by atoms with van der Waals surface area (Å²) in [5.41, 5.74) is 0. The number of nitrogens with one attached hydrogen (secondary N) is 1. The van der Waals surface area contributed by atoms with Crippen LogP contribution < -0.4 is 5.32 Å². The van der Waals surface area contributed by atoms with Crippen LogP contribution in [0.25, 0.3) is 0 Å². The van der Waals surface area contributed by atoms with Gasteiger partial charge in [0, 0.05) is 6.54 Å². The molecule has 2 rings (SSSR count). The molecule has 88 valence electrons. The standard InChI is InChI=1S/C11H14BrNO2S/c12-10-2-1-9(15-10)11(14)13-7-8-3-5-16-6-4-8/h1-2,8H,3-7H2,(H,13,14). The average molecular weight is 304 g/mol. The maximum atomic E-state index is 11.7. The van der Waals surface area contributed by atoms with E-state index in [1.54, 1.807) is 12.1 Å². The Bertz CT molecular complexity index is 361. The largest absolute Gasteiger partial charge is 0.444 e. The Morgan fingerprint density at radius 3 is 2.88 bits per heavy atom. The second kappa shape index (κ2) is 5.77. The molecule has 0 bridgehead atoms. The first kappa shape index (κ1) is 12.0. The minimum Gasteiger partial charge on any atom is -0.444 e. The molecule has 1 aliphatic rings. The Balaban J connectivity index is 1.79. The van der Waals surface area contributed by atoms with Crippen molar-refractivity contribution in [1.82, 2.24) is 5.32 Å². The molecule has 0 spiro atoms. The molecular formula is C11H14BrNO2S. The van der Waals surface area contributed by atoms with Crippen LogP contribution in [0.2, 0.25) is 0 Å². The highest BCUT2D eigenvalue weighted by Crippen LogP contribution is 2.22. The molecule has 0 unspecified atom stereocenters. The van der Waals surface area contributed by atoms with E-state index in [1.165, 1.54) is 24.3 Å². The highest BCUT2D eigenvalue weighted by molar-refractivity contribution is 9.10. The number of carbonyl (C=O) groups is 1. The fourth-order valence-corrected chi connectivity index (χ4v) is 3.22. The smallest absolute Gasteiger partial charge is 0.287 e. The molecule has 1 aliphatic heterocycles. The van der Waals surface area contributed by atoms with E-state index >= 15 is 0 Å². The second-order valence-corrected chi connectivity index (χ2v) is 5.88. The quantitative estimate of drug-likeness (QED) is 0.933. The van der Waals surface area contributed by atoms with Crippen molar-refractivity contribution in [2.24, 2.45) is 5.92 Å². The van der Waals surface area contributed by atoms with E-state index in [1.807, 2.05) is 11.8 Å². The summed E-state index contributed by atoms with van der Waals surface area (Å²) in [6.45, 7) is 0.762. The van der Waals surface area contributed by atoms with Gasteiger partial charge < -0.3 is 9.73 Å². The van der Waals surface area contributed by atoms with Crippen LogP contribution in [0.1, 0.15) is 23.4 Å². The van der Waals surface area contributed by atoms with Crippen molar-refractivity contribution in [1.29, 1.82) is 0 Å². The van der Waals surface area contributed by atoms with Crippen LogP contribution in [0.3, 0.4) is 0 Å². The summed E-state index contributed by atoms with van der Waals surface area (Å²) in [7, 11) is 0. The Morgan fingerprint density at radius 2 is 2.25 bits per heavy atom. The lowest BCUT2D eigenvalue weighted by Gasteiger charge is -2.21. The number of carbonyl (C=O) groups excluding carboxylic acids is 1. The van der Waals surface area contributed by atoms with E-state index in [0.29, 0.717) is 16.3 Å². The lowest BCUT2D eigenvalue weighted by atomic mass is 10.0. The number of furan rings is 1. The predicted molar refractivity (Wildman–Crippen MR) is 68.8 cm³/mol. The third-order valence-electron chi connectivity index (χ3n) is 2.69. The number of halogens is 1. The van der Waals surface area contributed by atoms with Crippen LogP contribution in [-0.2, 0) is 0 Å². The summed E-state index contributed by atoms with van der Waals surface area (Å²) in [5, 5.41) is 2.92. The van der Waals surface area contributed by atoms with Gasteiger partial charge in [-0.2, -0.15) is 11.8 Å². The minimum atomic E-state index is -0.121. The molecule has 16 heavy (non-hydrogen) atoms. The lowest BCUT2D eigenvalue weighted by Crippen LogP contribution is -2.30. The van der Waals surface area contributed by atoms with E-state index in [4.69, 9.17) is 4.42 Å². The molecule has 1 fully saturated rings. The van der Waals surface area contributed by atoms with E-state index in [2.05, 4.69) is 21.2 Å². The maximum Gasteiger partial charge on any atom is 0.287 e. The van der Waals surface area contributed by atoms with Gasteiger partial charge in [-0.05, 0) is 58.3 Å². The summed E-state index contributed by atoms with van der Waals surface area (Å²) in [5.74, 6) is 3.31. The average Bonchev–Trinajstić information content (AvgIpc) is 2.74. The zero-order chi connectivity index (χ0) is 11.4. The van der Waals surface area contributed by atoms with Gasteiger partial charge in [0.15, 0.2) is 10.4 Å². The molecule has 1 aromatic rings. The van der Waals surface area contributed by atoms with Crippen molar-refractivity contribution in [3.63, 3.8) is 0 Å². The molecule has 3 nitrogen and oxygen atoms in total. The monoisotopic (exact) mass is 303 g/mol. The van der Waals surface area contributed by atoms with E-state index in [-0.39, 0.29) is 5.91 Å². The van der Waals surface area contributed by atoms with Crippen molar-refractivity contribution in [2.45, 2.75) is 12.8 Å². The number of thioether (sulfide) groups is 1. The molecule has 0 atom stereocenters. The minimum absolute atomic E-state index is 0.121. The maximum absolute atomic E-state index is 11.7. The molecule has 0 aliphatic carbocycles. The highest BCUT2D eigenvalue weighted by atomic mass is 79.9. The third-order valence-corrected chi connectivity index (χ3v) is 4.16. The molecule has 0 aromatic carbocycles. The van der Waals surface area contributed by atoms with Gasteiger partial charge in [-0.1, -0.05) is 0 Å². The molecule has 2 heterocycles. The van der Waals surface area contributed by atoms with Crippen LogP contribution >= 0.6 is 27.7 Å². The van der Waals surface area contributed by atoms with E-state index < -0.39 is 0 Å². The molecule has 5 heteroatoms. The summed E-state index contributed by atoms with van der Waals surface area (Å²) < 4.78 is 5.78. The van der Waals surface area contributed by atoms with Crippen LogP contribution in [0, 0.1) is 5.92 Å². The van der Waals surface area contributed by atoms with Crippen LogP contribution in [0.15, 0.2) is 21.2 Å². The molecule has 0 saturated carbocycles. The van der Waals surface area contributed by atoms with Gasteiger partial charge in [0.25, 0.3) is 5.91 Å². The van der Waals surface area contributed by atoms with Gasteiger partial charge >= 0.3 is 0 Å². The lowest BCUT2D eigenvalue weighted by molar-refractivity contribution is 0.0917. The molecule has 1 N–H and O–H groups in total. The van der Waals surface area contributed by atoms with Crippen molar-refractivity contribution in [3.05, 3.63) is 22.6 Å². The van der Waals surface area contributed by atoms with Crippen LogP contribution in [0.4, 0.5) is 0 Å². The van der Waals surface area contributed by atoms with Crippen molar-refractivity contribution in [3.8, 4) is 0 Å². The van der Waals surface area contributed by atoms with Gasteiger partial charge in [0.2, 0.25) is 0 Å².